The minimum Gasteiger partial charge on any atom is -0.480 e. The van der Waals surface area contributed by atoms with Crippen LogP contribution < -0.4 is 15.1 Å². The lowest BCUT2D eigenvalue weighted by atomic mass is 9.94. The van der Waals surface area contributed by atoms with E-state index in [-0.39, 0.29) is 6.04 Å². The Bertz CT molecular complexity index is 579. The highest BCUT2D eigenvalue weighted by molar-refractivity contribution is 5.81. The van der Waals surface area contributed by atoms with Crippen molar-refractivity contribution >= 4 is 17.3 Å². The molecule has 3 aliphatic rings. The van der Waals surface area contributed by atoms with Crippen LogP contribution in [0.4, 0.5) is 11.4 Å². The molecule has 1 aromatic carbocycles. The number of aliphatic carboxylic acids is 1. The maximum Gasteiger partial charge on any atom is 0.326 e. The standard InChI is InChI=1S/C17H23N3O2/c21-17(22)15-6-2-12-1-3-14(19-9-7-18-8-10-19)11-16(12)20(15)13-4-5-13/h1,3,11,13,15,18H,2,4-10H2,(H,21,22). The molecule has 5 heteroatoms. The van der Waals surface area contributed by atoms with E-state index in [0.29, 0.717) is 6.04 Å². The van der Waals surface area contributed by atoms with Crippen molar-refractivity contribution in [3.8, 4) is 0 Å². The smallest absolute Gasteiger partial charge is 0.326 e. The van der Waals surface area contributed by atoms with Gasteiger partial charge in [-0.2, -0.15) is 0 Å². The van der Waals surface area contributed by atoms with Crippen LogP contribution in [0, 0.1) is 0 Å². The molecule has 0 radical (unpaired) electrons. The lowest BCUT2D eigenvalue weighted by Gasteiger charge is -2.38. The van der Waals surface area contributed by atoms with Gasteiger partial charge < -0.3 is 20.2 Å². The first-order valence-corrected chi connectivity index (χ1v) is 8.34. The number of benzene rings is 1. The number of nitrogens with zero attached hydrogens (tertiary/aromatic N) is 2. The van der Waals surface area contributed by atoms with E-state index in [1.54, 1.807) is 0 Å². The van der Waals surface area contributed by atoms with Crippen molar-refractivity contribution in [3.63, 3.8) is 0 Å². The van der Waals surface area contributed by atoms with Gasteiger partial charge >= 0.3 is 5.97 Å². The molecule has 0 bridgehead atoms. The highest BCUT2D eigenvalue weighted by atomic mass is 16.4. The summed E-state index contributed by atoms with van der Waals surface area (Å²) in [6, 6.07) is 6.72. The van der Waals surface area contributed by atoms with E-state index in [0.717, 1.165) is 57.5 Å². The van der Waals surface area contributed by atoms with Crippen LogP contribution in [0.3, 0.4) is 0 Å². The molecule has 0 aromatic heterocycles. The second-order valence-electron chi connectivity index (χ2n) is 6.58. The fourth-order valence-corrected chi connectivity index (χ4v) is 3.77. The van der Waals surface area contributed by atoms with Crippen LogP contribution in [0.2, 0.25) is 0 Å². The van der Waals surface area contributed by atoms with Gasteiger partial charge in [-0.1, -0.05) is 6.07 Å². The summed E-state index contributed by atoms with van der Waals surface area (Å²) in [5.41, 5.74) is 3.71. The molecule has 2 N–H and O–H groups in total. The molecular formula is C17H23N3O2. The first-order chi connectivity index (χ1) is 10.7. The number of aryl methyl sites for hydroxylation is 1. The zero-order chi connectivity index (χ0) is 15.1. The van der Waals surface area contributed by atoms with Crippen LogP contribution in [0.15, 0.2) is 18.2 Å². The van der Waals surface area contributed by atoms with E-state index in [4.69, 9.17) is 0 Å². The minimum absolute atomic E-state index is 0.349. The molecule has 1 aliphatic carbocycles. The Hall–Kier alpha value is -1.75. The molecule has 1 saturated carbocycles. The number of anilines is 2. The van der Waals surface area contributed by atoms with E-state index in [9.17, 15) is 9.90 Å². The monoisotopic (exact) mass is 301 g/mol. The van der Waals surface area contributed by atoms with Gasteiger partial charge in [-0.3, -0.25) is 0 Å². The number of fused-ring (bicyclic) bond motifs is 1. The first kappa shape index (κ1) is 13.9. The lowest BCUT2D eigenvalue weighted by molar-refractivity contribution is -0.138. The minimum atomic E-state index is -0.676. The maximum atomic E-state index is 11.6. The van der Waals surface area contributed by atoms with Crippen molar-refractivity contribution in [2.75, 3.05) is 36.0 Å². The highest BCUT2D eigenvalue weighted by Crippen LogP contribution is 2.41. The fourth-order valence-electron chi connectivity index (χ4n) is 3.77. The molecule has 1 unspecified atom stereocenters. The predicted molar refractivity (Wildman–Crippen MR) is 86.8 cm³/mol. The quantitative estimate of drug-likeness (QED) is 0.885. The Morgan fingerprint density at radius 3 is 2.64 bits per heavy atom. The summed E-state index contributed by atoms with van der Waals surface area (Å²) in [4.78, 5) is 16.2. The van der Waals surface area contributed by atoms with Crippen LogP contribution in [0.25, 0.3) is 0 Å². The van der Waals surface area contributed by atoms with Crippen LogP contribution >= 0.6 is 0 Å². The van der Waals surface area contributed by atoms with Gasteiger partial charge in [0.15, 0.2) is 0 Å². The van der Waals surface area contributed by atoms with E-state index in [1.807, 2.05) is 0 Å². The van der Waals surface area contributed by atoms with Crippen LogP contribution in [-0.2, 0) is 11.2 Å². The van der Waals surface area contributed by atoms with Gasteiger partial charge in [0.25, 0.3) is 0 Å². The summed E-state index contributed by atoms with van der Waals surface area (Å²) in [6.45, 7) is 4.07. The van der Waals surface area contributed by atoms with E-state index in [1.165, 1.54) is 11.3 Å². The number of rotatable bonds is 3. The maximum absolute atomic E-state index is 11.6. The Kier molecular flexibility index (Phi) is 3.45. The molecule has 5 nitrogen and oxygen atoms in total. The third-order valence-electron chi connectivity index (χ3n) is 5.08. The Balaban J connectivity index is 1.68. The number of hydrogen-bond acceptors (Lipinski definition) is 4. The van der Waals surface area contributed by atoms with Crippen LogP contribution in [0.5, 0.6) is 0 Å². The second kappa shape index (κ2) is 5.47. The normalized spacial score (nSPS) is 25.0. The number of carbonyl (C=O) groups is 1. The topological polar surface area (TPSA) is 55.8 Å². The molecular weight excluding hydrogens is 278 g/mol. The molecule has 4 rings (SSSR count). The van der Waals surface area contributed by atoms with Gasteiger partial charge in [-0.05, 0) is 43.4 Å². The van der Waals surface area contributed by atoms with Crippen LogP contribution in [-0.4, -0.2) is 49.3 Å². The molecule has 0 amide bonds. The van der Waals surface area contributed by atoms with E-state index in [2.05, 4.69) is 33.3 Å². The SMILES string of the molecule is O=C(O)C1CCc2ccc(N3CCNCC3)cc2N1C1CC1. The number of carboxylic acids is 1. The van der Waals surface area contributed by atoms with Crippen molar-refractivity contribution in [1.82, 2.24) is 5.32 Å². The van der Waals surface area contributed by atoms with Gasteiger partial charge in [0.1, 0.15) is 6.04 Å². The fraction of sp³-hybridized carbons (Fsp3) is 0.588. The predicted octanol–water partition coefficient (Wildman–Crippen LogP) is 1.46. The summed E-state index contributed by atoms with van der Waals surface area (Å²) in [5, 5.41) is 12.9. The van der Waals surface area contributed by atoms with Crippen LogP contribution in [0.1, 0.15) is 24.8 Å². The number of nitrogens with one attached hydrogen (secondary N) is 1. The molecule has 22 heavy (non-hydrogen) atoms. The first-order valence-electron chi connectivity index (χ1n) is 8.34. The molecule has 1 saturated heterocycles. The zero-order valence-electron chi connectivity index (χ0n) is 12.8. The zero-order valence-corrected chi connectivity index (χ0v) is 12.8. The van der Waals surface area contributed by atoms with Crippen molar-refractivity contribution in [1.29, 1.82) is 0 Å². The van der Waals surface area contributed by atoms with E-state index >= 15 is 0 Å². The Labute approximate surface area is 130 Å². The van der Waals surface area contributed by atoms with Gasteiger partial charge in [-0.15, -0.1) is 0 Å². The number of carboxylic acid groups (broad SMARTS) is 1. The average molecular weight is 301 g/mol. The highest BCUT2D eigenvalue weighted by Gasteiger charge is 2.40. The molecule has 2 aliphatic heterocycles. The summed E-state index contributed by atoms with van der Waals surface area (Å²) >= 11 is 0. The summed E-state index contributed by atoms with van der Waals surface area (Å²) < 4.78 is 0. The van der Waals surface area contributed by atoms with Gasteiger partial charge in [0, 0.05) is 43.6 Å². The summed E-state index contributed by atoms with van der Waals surface area (Å²) in [5.74, 6) is -0.676. The van der Waals surface area contributed by atoms with Gasteiger partial charge in [-0.25, -0.2) is 4.79 Å². The molecule has 118 valence electrons. The largest absolute Gasteiger partial charge is 0.480 e. The van der Waals surface area contributed by atoms with Gasteiger partial charge in [0.05, 0.1) is 0 Å². The lowest BCUT2D eigenvalue weighted by Crippen LogP contribution is -2.46. The summed E-state index contributed by atoms with van der Waals surface area (Å²) in [6.07, 6.45) is 3.85. The second-order valence-corrected chi connectivity index (χ2v) is 6.58. The molecule has 2 heterocycles. The van der Waals surface area contributed by atoms with E-state index < -0.39 is 5.97 Å². The van der Waals surface area contributed by atoms with Crippen molar-refractivity contribution < 1.29 is 9.90 Å². The average Bonchev–Trinajstić information content (AvgIpc) is 3.38. The number of piperazine rings is 1. The Morgan fingerprint density at radius 1 is 1.18 bits per heavy atom. The third-order valence-corrected chi connectivity index (χ3v) is 5.08. The molecule has 2 fully saturated rings. The van der Waals surface area contributed by atoms with Crippen molar-refractivity contribution in [2.24, 2.45) is 0 Å². The van der Waals surface area contributed by atoms with Crippen molar-refractivity contribution in [3.05, 3.63) is 23.8 Å². The molecule has 1 atom stereocenters. The third kappa shape index (κ3) is 2.43. The van der Waals surface area contributed by atoms with Crippen molar-refractivity contribution in [2.45, 2.75) is 37.8 Å². The molecule has 0 spiro atoms. The summed E-state index contributed by atoms with van der Waals surface area (Å²) in [7, 11) is 0. The van der Waals surface area contributed by atoms with Gasteiger partial charge in [0.2, 0.25) is 0 Å². The molecule has 1 aromatic rings. The number of hydrogen-bond donors (Lipinski definition) is 2. The Morgan fingerprint density at radius 2 is 1.95 bits per heavy atom.